The van der Waals surface area contributed by atoms with Crippen LogP contribution >= 0.6 is 11.6 Å². The van der Waals surface area contributed by atoms with Crippen LogP contribution in [0.3, 0.4) is 0 Å². The second-order valence-corrected chi connectivity index (χ2v) is 9.31. The lowest BCUT2D eigenvalue weighted by Gasteiger charge is -2.37. The Morgan fingerprint density at radius 2 is 1.94 bits per heavy atom. The van der Waals surface area contributed by atoms with Crippen LogP contribution < -0.4 is 0 Å². The van der Waals surface area contributed by atoms with Crippen LogP contribution in [0.4, 0.5) is 4.39 Å². The average molecular weight is 449 g/mol. The predicted molar refractivity (Wildman–Crippen MR) is 112 cm³/mol. The molecule has 8 heteroatoms. The molecular formula is C23H26ClFN2O4. The molecule has 31 heavy (non-hydrogen) atoms. The quantitative estimate of drug-likeness (QED) is 0.663. The van der Waals surface area contributed by atoms with Gasteiger partial charge < -0.3 is 14.4 Å². The lowest BCUT2D eigenvalue weighted by Crippen LogP contribution is -2.43. The standard InChI is InChI=1S/C23H26ClFN2O4/c24-15-4-5-18-17(13-15)21(28)19-20(14-2-1-3-16(25)12-14)27(23(29)22(19)31-18)7-6-26-8-10-30-11-9-26/h1-3,12,15,17-18,20H,4-11,13H2. The first-order chi connectivity index (χ1) is 15.0. The molecule has 1 aromatic carbocycles. The van der Waals surface area contributed by atoms with E-state index < -0.39 is 11.9 Å². The summed E-state index contributed by atoms with van der Waals surface area (Å²) in [7, 11) is 0. The minimum absolute atomic E-state index is 0.0712. The molecule has 6 nitrogen and oxygen atoms in total. The molecule has 0 bridgehead atoms. The van der Waals surface area contributed by atoms with Crippen LogP contribution in [0, 0.1) is 11.7 Å². The highest BCUT2D eigenvalue weighted by Gasteiger charge is 2.52. The van der Waals surface area contributed by atoms with E-state index in [0.29, 0.717) is 50.3 Å². The SMILES string of the molecule is O=C1C2=C(OC3CCC(Cl)CC13)C(=O)N(CCN1CCOCC1)C2c1cccc(F)c1. The molecule has 1 aromatic rings. The van der Waals surface area contributed by atoms with Crippen LogP contribution in [-0.2, 0) is 19.1 Å². The van der Waals surface area contributed by atoms with Gasteiger partial charge in [0, 0.05) is 31.6 Å². The van der Waals surface area contributed by atoms with Crippen molar-refractivity contribution in [3.05, 3.63) is 47.0 Å². The van der Waals surface area contributed by atoms with Gasteiger partial charge in [-0.05, 0) is 37.0 Å². The molecule has 4 unspecified atom stereocenters. The van der Waals surface area contributed by atoms with Crippen LogP contribution in [0.5, 0.6) is 0 Å². The number of hydrogen-bond acceptors (Lipinski definition) is 5. The highest BCUT2D eigenvalue weighted by Crippen LogP contribution is 2.47. The number of alkyl halides is 1. The van der Waals surface area contributed by atoms with Gasteiger partial charge in [-0.15, -0.1) is 11.6 Å². The molecule has 1 saturated heterocycles. The molecule has 4 aliphatic rings. The van der Waals surface area contributed by atoms with Gasteiger partial charge in [-0.25, -0.2) is 4.39 Å². The normalized spacial score (nSPS) is 31.5. The summed E-state index contributed by atoms with van der Waals surface area (Å²) in [6.07, 6.45) is 1.66. The summed E-state index contributed by atoms with van der Waals surface area (Å²) in [6, 6.07) is 5.51. The Hall–Kier alpha value is -1.96. The molecule has 3 aliphatic heterocycles. The van der Waals surface area contributed by atoms with Gasteiger partial charge >= 0.3 is 0 Å². The van der Waals surface area contributed by atoms with Gasteiger partial charge in [-0.1, -0.05) is 12.1 Å². The van der Waals surface area contributed by atoms with Gasteiger partial charge in [0.05, 0.1) is 30.7 Å². The van der Waals surface area contributed by atoms with E-state index in [4.69, 9.17) is 21.1 Å². The van der Waals surface area contributed by atoms with E-state index in [1.54, 1.807) is 17.0 Å². The Kier molecular flexibility index (Phi) is 5.75. The minimum Gasteiger partial charge on any atom is -0.483 e. The first-order valence-corrected chi connectivity index (χ1v) is 11.4. The number of hydrogen-bond donors (Lipinski definition) is 0. The molecule has 1 aliphatic carbocycles. The number of carbonyl (C=O) groups excluding carboxylic acids is 2. The zero-order chi connectivity index (χ0) is 21.5. The van der Waals surface area contributed by atoms with Crippen molar-refractivity contribution in [3.63, 3.8) is 0 Å². The van der Waals surface area contributed by atoms with E-state index in [1.165, 1.54) is 12.1 Å². The van der Waals surface area contributed by atoms with Crippen LogP contribution in [-0.4, -0.2) is 72.4 Å². The monoisotopic (exact) mass is 448 g/mol. The maximum Gasteiger partial charge on any atom is 0.290 e. The van der Waals surface area contributed by atoms with Gasteiger partial charge in [-0.2, -0.15) is 0 Å². The van der Waals surface area contributed by atoms with Crippen molar-refractivity contribution in [1.82, 2.24) is 9.80 Å². The van der Waals surface area contributed by atoms with Crippen molar-refractivity contribution in [2.75, 3.05) is 39.4 Å². The van der Waals surface area contributed by atoms with E-state index in [2.05, 4.69) is 4.90 Å². The van der Waals surface area contributed by atoms with Crippen LogP contribution in [0.1, 0.15) is 30.9 Å². The number of Topliss-reactive ketones (excluding diaryl/α,β-unsaturated/α-hetero) is 1. The molecule has 0 N–H and O–H groups in total. The van der Waals surface area contributed by atoms with Crippen molar-refractivity contribution >= 4 is 23.3 Å². The zero-order valence-electron chi connectivity index (χ0n) is 17.3. The average Bonchev–Trinajstić information content (AvgIpc) is 3.05. The van der Waals surface area contributed by atoms with Crippen LogP contribution in [0.25, 0.3) is 0 Å². The number of fused-ring (bicyclic) bond motifs is 1. The van der Waals surface area contributed by atoms with Crippen LogP contribution in [0.2, 0.25) is 0 Å². The molecule has 2 fully saturated rings. The zero-order valence-corrected chi connectivity index (χ0v) is 18.0. The number of benzene rings is 1. The molecule has 0 radical (unpaired) electrons. The van der Waals surface area contributed by atoms with E-state index >= 15 is 0 Å². The number of amides is 1. The molecule has 166 valence electrons. The minimum atomic E-state index is -0.636. The number of carbonyl (C=O) groups is 2. The van der Waals surface area contributed by atoms with Crippen molar-refractivity contribution < 1.29 is 23.5 Å². The predicted octanol–water partition coefficient (Wildman–Crippen LogP) is 2.67. The largest absolute Gasteiger partial charge is 0.483 e. The topological polar surface area (TPSA) is 59.1 Å². The van der Waals surface area contributed by atoms with Crippen LogP contribution in [0.15, 0.2) is 35.6 Å². The Balaban J connectivity index is 1.48. The Labute approximate surface area is 185 Å². The van der Waals surface area contributed by atoms with E-state index in [-0.39, 0.29) is 34.8 Å². The third-order valence-electron chi connectivity index (χ3n) is 6.80. The molecule has 1 saturated carbocycles. The summed E-state index contributed by atoms with van der Waals surface area (Å²) >= 11 is 6.35. The first-order valence-electron chi connectivity index (χ1n) is 11.0. The number of nitrogens with zero attached hydrogens (tertiary/aromatic N) is 2. The molecule has 0 spiro atoms. The summed E-state index contributed by atoms with van der Waals surface area (Å²) in [4.78, 5) is 30.9. The summed E-state index contributed by atoms with van der Waals surface area (Å²) < 4.78 is 25.6. The maximum atomic E-state index is 14.1. The van der Waals surface area contributed by atoms with E-state index in [1.807, 2.05) is 0 Å². The fourth-order valence-electron chi connectivity index (χ4n) is 5.19. The molecule has 1 amide bonds. The second kappa shape index (κ2) is 8.52. The van der Waals surface area contributed by atoms with Gasteiger partial charge in [0.25, 0.3) is 5.91 Å². The highest BCUT2D eigenvalue weighted by molar-refractivity contribution is 6.21. The van der Waals surface area contributed by atoms with Gasteiger partial charge in [0.2, 0.25) is 0 Å². The maximum absolute atomic E-state index is 14.1. The smallest absolute Gasteiger partial charge is 0.290 e. The molecule has 4 atom stereocenters. The highest BCUT2D eigenvalue weighted by atomic mass is 35.5. The Morgan fingerprint density at radius 1 is 1.13 bits per heavy atom. The summed E-state index contributed by atoms with van der Waals surface area (Å²) in [5.74, 6) is -0.952. The Bertz CT molecular complexity index is 917. The third-order valence-corrected chi connectivity index (χ3v) is 7.20. The molecule has 0 aromatic heterocycles. The summed E-state index contributed by atoms with van der Waals surface area (Å²) in [6.45, 7) is 4.03. The van der Waals surface area contributed by atoms with E-state index in [9.17, 15) is 14.0 Å². The lowest BCUT2D eigenvalue weighted by atomic mass is 9.77. The van der Waals surface area contributed by atoms with Crippen molar-refractivity contribution in [1.29, 1.82) is 0 Å². The second-order valence-electron chi connectivity index (χ2n) is 8.69. The van der Waals surface area contributed by atoms with Crippen molar-refractivity contribution in [2.24, 2.45) is 5.92 Å². The fourth-order valence-corrected chi connectivity index (χ4v) is 5.51. The van der Waals surface area contributed by atoms with Crippen molar-refractivity contribution in [2.45, 2.75) is 36.8 Å². The molecule has 3 heterocycles. The number of halogens is 2. The van der Waals surface area contributed by atoms with Gasteiger partial charge in [-0.3, -0.25) is 14.5 Å². The van der Waals surface area contributed by atoms with Gasteiger partial charge in [0.15, 0.2) is 11.5 Å². The summed E-state index contributed by atoms with van der Waals surface area (Å²) in [5.41, 5.74) is 0.957. The Morgan fingerprint density at radius 3 is 2.71 bits per heavy atom. The number of ketones is 1. The fraction of sp³-hybridized carbons (Fsp3) is 0.565. The van der Waals surface area contributed by atoms with E-state index in [0.717, 1.165) is 19.5 Å². The number of rotatable bonds is 4. The molecular weight excluding hydrogens is 423 g/mol. The number of morpholine rings is 1. The third kappa shape index (κ3) is 3.88. The molecule has 5 rings (SSSR count). The van der Waals surface area contributed by atoms with Crippen molar-refractivity contribution in [3.8, 4) is 0 Å². The first kappa shape index (κ1) is 20.9. The number of ether oxygens (including phenoxy) is 2. The van der Waals surface area contributed by atoms with Gasteiger partial charge in [0.1, 0.15) is 11.9 Å². The lowest BCUT2D eigenvalue weighted by molar-refractivity contribution is -0.135. The summed E-state index contributed by atoms with van der Waals surface area (Å²) in [5, 5.41) is -0.0712.